The molecule has 0 radical (unpaired) electrons. The molecule has 0 aromatic carbocycles. The van der Waals surface area contributed by atoms with Crippen molar-refractivity contribution < 1.29 is 5.11 Å². The normalized spacial score (nSPS) is 26.3. The predicted molar refractivity (Wildman–Crippen MR) is 77.8 cm³/mol. The van der Waals surface area contributed by atoms with Crippen molar-refractivity contribution in [2.75, 3.05) is 33.3 Å². The molecule has 1 rings (SSSR count). The fourth-order valence-electron chi connectivity index (χ4n) is 2.69. The van der Waals surface area contributed by atoms with E-state index in [-0.39, 0.29) is 12.1 Å². The Morgan fingerprint density at radius 3 is 2.56 bits per heavy atom. The molecule has 3 heteroatoms. The van der Waals surface area contributed by atoms with Crippen molar-refractivity contribution in [1.29, 1.82) is 0 Å². The van der Waals surface area contributed by atoms with Gasteiger partial charge in [-0.25, -0.2) is 0 Å². The second-order valence-corrected chi connectivity index (χ2v) is 6.44. The monoisotopic (exact) mass is 256 g/mol. The molecular weight excluding hydrogens is 224 g/mol. The maximum atomic E-state index is 9.41. The largest absolute Gasteiger partial charge is 0.394 e. The lowest BCUT2D eigenvalue weighted by Gasteiger charge is -2.28. The lowest BCUT2D eigenvalue weighted by Crippen LogP contribution is -2.45. The summed E-state index contributed by atoms with van der Waals surface area (Å²) in [7, 11) is 2.24. The van der Waals surface area contributed by atoms with Gasteiger partial charge in [0, 0.05) is 12.1 Å². The molecule has 0 amide bonds. The SMILES string of the molecule is CCNC(C)(CO)CCCCN(C)CC1CC1C. The molecule has 1 aliphatic rings. The van der Waals surface area contributed by atoms with E-state index in [9.17, 15) is 5.11 Å². The highest BCUT2D eigenvalue weighted by atomic mass is 16.3. The molecule has 2 N–H and O–H groups in total. The molecule has 1 fully saturated rings. The number of hydrogen-bond donors (Lipinski definition) is 2. The summed E-state index contributed by atoms with van der Waals surface area (Å²) in [4.78, 5) is 2.47. The van der Waals surface area contributed by atoms with Crippen LogP contribution in [0.2, 0.25) is 0 Å². The Balaban J connectivity index is 2.06. The van der Waals surface area contributed by atoms with E-state index in [4.69, 9.17) is 0 Å². The molecule has 0 aliphatic heterocycles. The van der Waals surface area contributed by atoms with Gasteiger partial charge in [-0.2, -0.15) is 0 Å². The molecule has 0 aromatic heterocycles. The molecule has 0 bridgehead atoms. The minimum absolute atomic E-state index is 0.0850. The summed E-state index contributed by atoms with van der Waals surface area (Å²) < 4.78 is 0. The smallest absolute Gasteiger partial charge is 0.0610 e. The van der Waals surface area contributed by atoms with Gasteiger partial charge in [-0.3, -0.25) is 0 Å². The number of rotatable bonds is 10. The molecule has 108 valence electrons. The molecule has 0 heterocycles. The molecule has 0 aromatic rings. The average Bonchev–Trinajstić information content (AvgIpc) is 3.01. The van der Waals surface area contributed by atoms with E-state index >= 15 is 0 Å². The van der Waals surface area contributed by atoms with Gasteiger partial charge in [-0.15, -0.1) is 0 Å². The van der Waals surface area contributed by atoms with Gasteiger partial charge in [0.1, 0.15) is 0 Å². The van der Waals surface area contributed by atoms with Crippen LogP contribution >= 0.6 is 0 Å². The minimum atomic E-state index is -0.0850. The van der Waals surface area contributed by atoms with E-state index in [1.165, 1.54) is 32.4 Å². The standard InChI is InChI=1S/C15H32N2O/c1-5-16-15(3,12-18)8-6-7-9-17(4)11-14-10-13(14)2/h13-14,16,18H,5-12H2,1-4H3. The van der Waals surface area contributed by atoms with Crippen LogP contribution in [0.4, 0.5) is 0 Å². The van der Waals surface area contributed by atoms with E-state index in [2.05, 4.69) is 38.0 Å². The van der Waals surface area contributed by atoms with Crippen LogP contribution in [-0.4, -0.2) is 48.8 Å². The second kappa shape index (κ2) is 7.46. The third-order valence-electron chi connectivity index (χ3n) is 4.29. The summed E-state index contributed by atoms with van der Waals surface area (Å²) in [5.74, 6) is 1.92. The zero-order valence-corrected chi connectivity index (χ0v) is 12.7. The van der Waals surface area contributed by atoms with Gasteiger partial charge in [0.15, 0.2) is 0 Å². The van der Waals surface area contributed by atoms with Crippen molar-refractivity contribution in [2.45, 2.75) is 52.0 Å². The summed E-state index contributed by atoms with van der Waals surface area (Å²) in [6.07, 6.45) is 4.91. The average molecular weight is 256 g/mol. The first-order valence-corrected chi connectivity index (χ1v) is 7.55. The van der Waals surface area contributed by atoms with E-state index in [0.717, 1.165) is 24.8 Å². The topological polar surface area (TPSA) is 35.5 Å². The van der Waals surface area contributed by atoms with Gasteiger partial charge in [0.05, 0.1) is 6.61 Å². The lowest BCUT2D eigenvalue weighted by atomic mass is 9.95. The van der Waals surface area contributed by atoms with Crippen LogP contribution < -0.4 is 5.32 Å². The zero-order chi connectivity index (χ0) is 13.6. The number of nitrogens with zero attached hydrogens (tertiary/aromatic N) is 1. The molecule has 0 saturated heterocycles. The Hall–Kier alpha value is -0.120. The first-order chi connectivity index (χ1) is 8.50. The summed E-state index contributed by atoms with van der Waals surface area (Å²) in [6.45, 7) is 10.2. The van der Waals surface area contributed by atoms with Gasteiger partial charge in [0.25, 0.3) is 0 Å². The highest BCUT2D eigenvalue weighted by Gasteiger charge is 2.32. The van der Waals surface area contributed by atoms with Gasteiger partial charge < -0.3 is 15.3 Å². The number of unbranched alkanes of at least 4 members (excludes halogenated alkanes) is 1. The van der Waals surface area contributed by atoms with Crippen molar-refractivity contribution in [3.8, 4) is 0 Å². The second-order valence-electron chi connectivity index (χ2n) is 6.44. The molecule has 3 unspecified atom stereocenters. The number of aliphatic hydroxyl groups is 1. The van der Waals surface area contributed by atoms with Crippen molar-refractivity contribution in [3.05, 3.63) is 0 Å². The van der Waals surface area contributed by atoms with E-state index in [1.807, 2.05) is 0 Å². The summed E-state index contributed by atoms with van der Waals surface area (Å²) in [6, 6.07) is 0. The van der Waals surface area contributed by atoms with Crippen LogP contribution in [0.3, 0.4) is 0 Å². The first kappa shape index (κ1) is 15.9. The van der Waals surface area contributed by atoms with E-state index in [1.54, 1.807) is 0 Å². The first-order valence-electron chi connectivity index (χ1n) is 7.55. The molecule has 18 heavy (non-hydrogen) atoms. The number of hydrogen-bond acceptors (Lipinski definition) is 3. The van der Waals surface area contributed by atoms with Crippen LogP contribution in [0.25, 0.3) is 0 Å². The van der Waals surface area contributed by atoms with Crippen LogP contribution in [0, 0.1) is 11.8 Å². The summed E-state index contributed by atoms with van der Waals surface area (Å²) >= 11 is 0. The Bertz CT molecular complexity index is 235. The summed E-state index contributed by atoms with van der Waals surface area (Å²) in [5.41, 5.74) is -0.0850. The molecule has 0 spiro atoms. The summed E-state index contributed by atoms with van der Waals surface area (Å²) in [5, 5.41) is 12.8. The number of likely N-dealkylation sites (N-methyl/N-ethyl adjacent to an activating group) is 1. The van der Waals surface area contributed by atoms with Gasteiger partial charge in [0.2, 0.25) is 0 Å². The lowest BCUT2D eigenvalue weighted by molar-refractivity contribution is 0.163. The van der Waals surface area contributed by atoms with Gasteiger partial charge >= 0.3 is 0 Å². The maximum Gasteiger partial charge on any atom is 0.0610 e. The number of aliphatic hydroxyl groups excluding tert-OH is 1. The fraction of sp³-hybridized carbons (Fsp3) is 1.00. The number of nitrogens with one attached hydrogen (secondary N) is 1. The highest BCUT2D eigenvalue weighted by Crippen LogP contribution is 2.37. The third kappa shape index (κ3) is 5.68. The zero-order valence-electron chi connectivity index (χ0n) is 12.7. The van der Waals surface area contributed by atoms with E-state index < -0.39 is 0 Å². The molecule has 1 saturated carbocycles. The third-order valence-corrected chi connectivity index (χ3v) is 4.29. The fourth-order valence-corrected chi connectivity index (χ4v) is 2.69. The quantitative estimate of drug-likeness (QED) is 0.588. The van der Waals surface area contributed by atoms with Crippen molar-refractivity contribution >= 4 is 0 Å². The molecule has 3 nitrogen and oxygen atoms in total. The van der Waals surface area contributed by atoms with Crippen molar-refractivity contribution in [2.24, 2.45) is 11.8 Å². The highest BCUT2D eigenvalue weighted by molar-refractivity contribution is 4.85. The molecule has 1 aliphatic carbocycles. The van der Waals surface area contributed by atoms with Crippen LogP contribution in [0.5, 0.6) is 0 Å². The maximum absolute atomic E-state index is 9.41. The van der Waals surface area contributed by atoms with Crippen LogP contribution in [-0.2, 0) is 0 Å². The Morgan fingerprint density at radius 2 is 2.06 bits per heavy atom. The molecular formula is C15H32N2O. The van der Waals surface area contributed by atoms with Crippen molar-refractivity contribution in [3.63, 3.8) is 0 Å². The predicted octanol–water partition coefficient (Wildman–Crippen LogP) is 2.10. The Labute approximate surface area is 113 Å². The molecule has 3 atom stereocenters. The van der Waals surface area contributed by atoms with Crippen LogP contribution in [0.15, 0.2) is 0 Å². The van der Waals surface area contributed by atoms with Gasteiger partial charge in [-0.05, 0) is 58.2 Å². The Morgan fingerprint density at radius 1 is 1.39 bits per heavy atom. The van der Waals surface area contributed by atoms with Crippen molar-refractivity contribution in [1.82, 2.24) is 10.2 Å². The Kier molecular flexibility index (Phi) is 6.61. The minimum Gasteiger partial charge on any atom is -0.394 e. The van der Waals surface area contributed by atoms with Crippen LogP contribution in [0.1, 0.15) is 46.5 Å². The van der Waals surface area contributed by atoms with Gasteiger partial charge in [-0.1, -0.05) is 20.3 Å². The van der Waals surface area contributed by atoms with E-state index in [0.29, 0.717) is 0 Å².